The molecule has 1 atom stereocenters. The Kier molecular flexibility index (Phi) is 8.39. The number of hydrogen-bond donors (Lipinski definition) is 3. The van der Waals surface area contributed by atoms with Gasteiger partial charge in [0.2, 0.25) is 11.8 Å². The Morgan fingerprint density at radius 2 is 1.74 bits per heavy atom. The fourth-order valence-electron chi connectivity index (χ4n) is 2.05. The monoisotopic (exact) mass is 271 g/mol. The highest BCUT2D eigenvalue weighted by Gasteiger charge is 2.24. The van der Waals surface area contributed by atoms with Gasteiger partial charge in [-0.2, -0.15) is 0 Å². The van der Waals surface area contributed by atoms with Crippen LogP contribution in [0.5, 0.6) is 0 Å². The van der Waals surface area contributed by atoms with Crippen molar-refractivity contribution in [2.24, 2.45) is 17.1 Å². The van der Waals surface area contributed by atoms with Crippen LogP contribution in [0.4, 0.5) is 0 Å². The summed E-state index contributed by atoms with van der Waals surface area (Å²) in [4.78, 5) is 22.7. The van der Waals surface area contributed by atoms with Crippen molar-refractivity contribution in [2.45, 2.75) is 46.5 Å². The topological polar surface area (TPSA) is 84.2 Å². The molecule has 0 aromatic rings. The third-order valence-electron chi connectivity index (χ3n) is 3.41. The summed E-state index contributed by atoms with van der Waals surface area (Å²) in [7, 11) is 1.59. The van der Waals surface area contributed by atoms with Crippen molar-refractivity contribution in [1.82, 2.24) is 10.6 Å². The van der Waals surface area contributed by atoms with Gasteiger partial charge in [-0.05, 0) is 30.7 Å². The summed E-state index contributed by atoms with van der Waals surface area (Å²) in [5.41, 5.74) is 5.78. The van der Waals surface area contributed by atoms with E-state index < -0.39 is 0 Å². The molecule has 1 unspecified atom stereocenters. The molecule has 2 amide bonds. The summed E-state index contributed by atoms with van der Waals surface area (Å²) in [6, 6.07) is 0. The molecule has 19 heavy (non-hydrogen) atoms. The average Bonchev–Trinajstić information content (AvgIpc) is 2.32. The van der Waals surface area contributed by atoms with Gasteiger partial charge in [-0.25, -0.2) is 0 Å². The van der Waals surface area contributed by atoms with Crippen molar-refractivity contribution in [3.63, 3.8) is 0 Å². The Labute approximate surface area is 116 Å². The lowest BCUT2D eigenvalue weighted by Crippen LogP contribution is -2.30. The van der Waals surface area contributed by atoms with Crippen molar-refractivity contribution in [2.75, 3.05) is 20.1 Å². The van der Waals surface area contributed by atoms with Crippen LogP contribution >= 0.6 is 0 Å². The number of carbonyl (C=O) groups is 2. The van der Waals surface area contributed by atoms with Gasteiger partial charge in [0.25, 0.3) is 0 Å². The molecule has 0 fully saturated rings. The minimum Gasteiger partial charge on any atom is -0.359 e. The standard InChI is InChI=1S/C14H29N3O2/c1-14(2,3)11(7-9-15)5-6-13(19)17-10-8-12(18)16-4/h11H,5-10,15H2,1-4H3,(H,16,18)(H,17,19). The van der Waals surface area contributed by atoms with Gasteiger partial charge in [0, 0.05) is 26.4 Å². The van der Waals surface area contributed by atoms with E-state index in [1.54, 1.807) is 7.05 Å². The Bertz CT molecular complexity index is 285. The van der Waals surface area contributed by atoms with Gasteiger partial charge in [0.15, 0.2) is 0 Å². The van der Waals surface area contributed by atoms with Gasteiger partial charge >= 0.3 is 0 Å². The maximum atomic E-state index is 11.7. The molecule has 0 bridgehead atoms. The highest BCUT2D eigenvalue weighted by Crippen LogP contribution is 2.31. The molecule has 0 radical (unpaired) electrons. The summed E-state index contributed by atoms with van der Waals surface area (Å²) in [6.45, 7) is 7.58. The number of hydrogen-bond acceptors (Lipinski definition) is 3. The molecular weight excluding hydrogens is 242 g/mol. The van der Waals surface area contributed by atoms with Crippen LogP contribution < -0.4 is 16.4 Å². The van der Waals surface area contributed by atoms with Crippen molar-refractivity contribution >= 4 is 11.8 Å². The minimum atomic E-state index is -0.0593. The predicted molar refractivity (Wildman–Crippen MR) is 77.5 cm³/mol. The number of nitrogens with one attached hydrogen (secondary N) is 2. The van der Waals surface area contributed by atoms with Crippen LogP contribution in [0.1, 0.15) is 46.5 Å². The molecule has 0 spiro atoms. The van der Waals surface area contributed by atoms with Crippen LogP contribution in [0.15, 0.2) is 0 Å². The molecule has 0 aromatic heterocycles. The molecule has 0 rings (SSSR count). The average molecular weight is 271 g/mol. The molecule has 5 nitrogen and oxygen atoms in total. The maximum Gasteiger partial charge on any atom is 0.221 e. The largest absolute Gasteiger partial charge is 0.359 e. The maximum absolute atomic E-state index is 11.7. The summed E-state index contributed by atoms with van der Waals surface area (Å²) < 4.78 is 0. The first kappa shape index (κ1) is 17.9. The van der Waals surface area contributed by atoms with Crippen molar-refractivity contribution in [1.29, 1.82) is 0 Å². The van der Waals surface area contributed by atoms with Gasteiger partial charge in [0.05, 0.1) is 0 Å². The van der Waals surface area contributed by atoms with Gasteiger partial charge in [-0.3, -0.25) is 9.59 Å². The van der Waals surface area contributed by atoms with E-state index >= 15 is 0 Å². The zero-order valence-corrected chi connectivity index (χ0v) is 12.7. The molecule has 112 valence electrons. The second-order valence-electron chi connectivity index (χ2n) is 5.95. The second-order valence-corrected chi connectivity index (χ2v) is 5.95. The molecule has 0 aromatic carbocycles. The summed E-state index contributed by atoms with van der Waals surface area (Å²) in [5.74, 6) is 0.397. The number of carbonyl (C=O) groups excluding carboxylic acids is 2. The fraction of sp³-hybridized carbons (Fsp3) is 0.857. The smallest absolute Gasteiger partial charge is 0.221 e. The van der Waals surface area contributed by atoms with E-state index in [4.69, 9.17) is 5.73 Å². The summed E-state index contributed by atoms with van der Waals surface area (Å²) in [6.07, 6.45) is 2.60. The second kappa shape index (κ2) is 8.91. The first-order chi connectivity index (χ1) is 8.81. The van der Waals surface area contributed by atoms with Crippen LogP contribution in [0.25, 0.3) is 0 Å². The van der Waals surface area contributed by atoms with E-state index in [9.17, 15) is 9.59 Å². The molecular formula is C14H29N3O2. The van der Waals surface area contributed by atoms with Gasteiger partial charge in [-0.15, -0.1) is 0 Å². The third kappa shape index (κ3) is 8.59. The number of amides is 2. The Morgan fingerprint density at radius 3 is 2.21 bits per heavy atom. The molecule has 0 aliphatic carbocycles. The number of nitrogens with two attached hydrogens (primary N) is 1. The highest BCUT2D eigenvalue weighted by atomic mass is 16.2. The normalized spacial score (nSPS) is 12.9. The zero-order chi connectivity index (χ0) is 14.9. The third-order valence-corrected chi connectivity index (χ3v) is 3.41. The van der Waals surface area contributed by atoms with Crippen molar-refractivity contribution < 1.29 is 9.59 Å². The van der Waals surface area contributed by atoms with E-state index in [1.165, 1.54) is 0 Å². The van der Waals surface area contributed by atoms with Gasteiger partial charge in [0.1, 0.15) is 0 Å². The Morgan fingerprint density at radius 1 is 1.11 bits per heavy atom. The van der Waals surface area contributed by atoms with E-state index in [0.29, 0.717) is 31.8 Å². The van der Waals surface area contributed by atoms with Crippen LogP contribution in [-0.4, -0.2) is 32.0 Å². The molecule has 4 N–H and O–H groups in total. The number of rotatable bonds is 8. The Hall–Kier alpha value is -1.10. The van der Waals surface area contributed by atoms with E-state index in [2.05, 4.69) is 31.4 Å². The molecule has 0 saturated carbocycles. The lowest BCUT2D eigenvalue weighted by atomic mass is 9.76. The lowest BCUT2D eigenvalue weighted by molar-refractivity contribution is -0.122. The van der Waals surface area contributed by atoms with E-state index in [1.807, 2.05) is 0 Å². The van der Waals surface area contributed by atoms with Gasteiger partial charge in [-0.1, -0.05) is 20.8 Å². The minimum absolute atomic E-state index is 0.00942. The zero-order valence-electron chi connectivity index (χ0n) is 12.7. The first-order valence-corrected chi connectivity index (χ1v) is 6.98. The van der Waals surface area contributed by atoms with Crippen LogP contribution in [0.3, 0.4) is 0 Å². The van der Waals surface area contributed by atoms with E-state index in [-0.39, 0.29) is 17.2 Å². The first-order valence-electron chi connectivity index (χ1n) is 6.98. The van der Waals surface area contributed by atoms with E-state index in [0.717, 1.165) is 12.8 Å². The Balaban J connectivity index is 3.95. The van der Waals surface area contributed by atoms with Crippen LogP contribution in [0.2, 0.25) is 0 Å². The van der Waals surface area contributed by atoms with Crippen molar-refractivity contribution in [3.8, 4) is 0 Å². The molecule has 0 heterocycles. The summed E-state index contributed by atoms with van der Waals surface area (Å²) >= 11 is 0. The summed E-state index contributed by atoms with van der Waals surface area (Å²) in [5, 5.41) is 5.29. The highest BCUT2D eigenvalue weighted by molar-refractivity contribution is 5.78. The predicted octanol–water partition coefficient (Wildman–Crippen LogP) is 1.03. The molecule has 0 aliphatic heterocycles. The lowest BCUT2D eigenvalue weighted by Gasteiger charge is -2.30. The molecule has 0 saturated heterocycles. The van der Waals surface area contributed by atoms with Crippen LogP contribution in [0, 0.1) is 11.3 Å². The van der Waals surface area contributed by atoms with Gasteiger partial charge < -0.3 is 16.4 Å². The molecule has 0 aliphatic rings. The fourth-order valence-corrected chi connectivity index (χ4v) is 2.05. The van der Waals surface area contributed by atoms with Crippen LogP contribution in [-0.2, 0) is 9.59 Å². The SMILES string of the molecule is CNC(=O)CCNC(=O)CCC(CCN)C(C)(C)C. The van der Waals surface area contributed by atoms with Crippen molar-refractivity contribution in [3.05, 3.63) is 0 Å². The molecule has 5 heteroatoms. The quantitative estimate of drug-likeness (QED) is 0.616.